The molecule has 5 rings (SSSR count). The summed E-state index contributed by atoms with van der Waals surface area (Å²) < 4.78 is 19.7. The first-order valence-corrected chi connectivity index (χ1v) is 9.53. The van der Waals surface area contributed by atoms with Crippen LogP contribution in [0.4, 0.5) is 15.9 Å². The van der Waals surface area contributed by atoms with Gasteiger partial charge in [-0.15, -0.1) is 0 Å². The molecule has 148 valence electrons. The molecule has 3 saturated heterocycles. The smallest absolute Gasteiger partial charge is 0.238 e. The number of fused-ring (bicyclic) bond motifs is 2. The first-order chi connectivity index (χ1) is 13.6. The van der Waals surface area contributed by atoms with Gasteiger partial charge in [0, 0.05) is 30.9 Å². The third-order valence-electron chi connectivity index (χ3n) is 5.52. The summed E-state index contributed by atoms with van der Waals surface area (Å²) in [5.74, 6) is 0.757. The van der Waals surface area contributed by atoms with Crippen LogP contribution in [0, 0.1) is 5.82 Å². The average molecular weight is 385 g/mol. The highest BCUT2D eigenvalue weighted by Crippen LogP contribution is 2.34. The molecular weight excluding hydrogens is 361 g/mol. The van der Waals surface area contributed by atoms with E-state index in [9.17, 15) is 9.18 Å². The van der Waals surface area contributed by atoms with Crippen LogP contribution < -0.4 is 15.0 Å². The van der Waals surface area contributed by atoms with Crippen molar-refractivity contribution in [3.05, 3.63) is 42.1 Å². The number of carbonyl (C=O) groups is 1. The molecule has 2 aromatic rings. The number of nitrogens with zero attached hydrogens (tertiary/aromatic N) is 4. The SMILES string of the molecule is CCc1ncnc(N2CC3CC(C2)N3CC(=O)Nc2ccc(OC)cc2)c1F. The zero-order valence-corrected chi connectivity index (χ0v) is 16.1. The lowest BCUT2D eigenvalue weighted by Gasteiger charge is -2.56. The Labute approximate surface area is 163 Å². The Morgan fingerprint density at radius 2 is 1.96 bits per heavy atom. The van der Waals surface area contributed by atoms with Gasteiger partial charge in [0.2, 0.25) is 5.91 Å². The normalized spacial score (nSPS) is 21.2. The van der Waals surface area contributed by atoms with Crippen molar-refractivity contribution in [1.82, 2.24) is 14.9 Å². The number of carbonyl (C=O) groups excluding carboxylic acids is 1. The van der Waals surface area contributed by atoms with Gasteiger partial charge in [-0.2, -0.15) is 0 Å². The van der Waals surface area contributed by atoms with Crippen LogP contribution >= 0.6 is 0 Å². The van der Waals surface area contributed by atoms with Gasteiger partial charge >= 0.3 is 0 Å². The van der Waals surface area contributed by atoms with Gasteiger partial charge < -0.3 is 15.0 Å². The minimum absolute atomic E-state index is 0.0465. The van der Waals surface area contributed by atoms with E-state index >= 15 is 0 Å². The zero-order valence-electron chi connectivity index (χ0n) is 16.1. The van der Waals surface area contributed by atoms with Gasteiger partial charge in [-0.05, 0) is 37.1 Å². The molecule has 1 aromatic heterocycles. The molecule has 3 aliphatic rings. The van der Waals surface area contributed by atoms with Crippen molar-refractivity contribution >= 4 is 17.4 Å². The highest BCUT2D eigenvalue weighted by Gasteiger charge is 2.46. The fraction of sp³-hybridized carbons (Fsp3) is 0.450. The molecular formula is C20H24FN5O2. The maximum Gasteiger partial charge on any atom is 0.238 e. The highest BCUT2D eigenvalue weighted by molar-refractivity contribution is 5.92. The number of hydrogen-bond donors (Lipinski definition) is 1. The van der Waals surface area contributed by atoms with E-state index in [4.69, 9.17) is 4.74 Å². The molecule has 2 atom stereocenters. The molecule has 0 saturated carbocycles. The van der Waals surface area contributed by atoms with Gasteiger partial charge in [0.15, 0.2) is 11.6 Å². The maximum absolute atomic E-state index is 14.5. The van der Waals surface area contributed by atoms with Crippen molar-refractivity contribution in [2.45, 2.75) is 31.8 Å². The second-order valence-corrected chi connectivity index (χ2v) is 7.21. The number of piperidine rings is 1. The molecule has 2 bridgehead atoms. The Bertz CT molecular complexity index is 848. The van der Waals surface area contributed by atoms with Gasteiger partial charge in [-0.1, -0.05) is 6.92 Å². The molecule has 4 heterocycles. The van der Waals surface area contributed by atoms with E-state index in [1.807, 2.05) is 36.1 Å². The lowest BCUT2D eigenvalue weighted by Crippen LogP contribution is -2.70. The highest BCUT2D eigenvalue weighted by atomic mass is 19.1. The number of halogens is 1. The van der Waals surface area contributed by atoms with Crippen LogP contribution in [-0.2, 0) is 11.2 Å². The number of hydrogen-bond acceptors (Lipinski definition) is 6. The van der Waals surface area contributed by atoms with Gasteiger partial charge in [-0.3, -0.25) is 9.69 Å². The molecule has 1 N–H and O–H groups in total. The molecule has 28 heavy (non-hydrogen) atoms. The molecule has 8 heteroatoms. The van der Waals surface area contributed by atoms with Crippen molar-refractivity contribution in [3.8, 4) is 5.75 Å². The number of rotatable bonds is 6. The van der Waals surface area contributed by atoms with Gasteiger partial charge in [-0.25, -0.2) is 14.4 Å². The van der Waals surface area contributed by atoms with E-state index in [-0.39, 0.29) is 23.8 Å². The molecule has 3 aliphatic heterocycles. The Hall–Kier alpha value is -2.74. The second kappa shape index (κ2) is 7.71. The lowest BCUT2D eigenvalue weighted by atomic mass is 9.87. The third kappa shape index (κ3) is 3.52. The number of aryl methyl sites for hydroxylation is 1. The molecule has 0 radical (unpaired) electrons. The van der Waals surface area contributed by atoms with Gasteiger partial charge in [0.05, 0.1) is 19.3 Å². The predicted molar refractivity (Wildman–Crippen MR) is 104 cm³/mol. The minimum Gasteiger partial charge on any atom is -0.497 e. The Balaban J connectivity index is 1.35. The number of anilines is 2. The Morgan fingerprint density at radius 3 is 2.61 bits per heavy atom. The summed E-state index contributed by atoms with van der Waals surface area (Å²) in [6.07, 6.45) is 3.00. The largest absolute Gasteiger partial charge is 0.497 e. The number of piperazine rings is 1. The maximum atomic E-state index is 14.5. The summed E-state index contributed by atoms with van der Waals surface area (Å²) in [6.45, 7) is 3.56. The molecule has 0 spiro atoms. The minimum atomic E-state index is -0.324. The fourth-order valence-electron chi connectivity index (χ4n) is 4.02. The van der Waals surface area contributed by atoms with Crippen molar-refractivity contribution in [1.29, 1.82) is 0 Å². The Kier molecular flexibility index (Phi) is 5.13. The molecule has 1 amide bonds. The molecule has 3 fully saturated rings. The predicted octanol–water partition coefficient (Wildman–Crippen LogP) is 2.09. The number of ether oxygens (including phenoxy) is 1. The van der Waals surface area contributed by atoms with Crippen LogP contribution in [0.15, 0.2) is 30.6 Å². The summed E-state index contributed by atoms with van der Waals surface area (Å²) >= 11 is 0. The number of methoxy groups -OCH3 is 1. The standard InChI is InChI=1S/C20H24FN5O2/c1-3-17-19(21)20(23-12-22-17)25-9-14-8-15(10-25)26(14)11-18(27)24-13-4-6-16(28-2)7-5-13/h4-7,12,14-15H,3,8-11H2,1-2H3,(H,24,27). The van der Waals surface area contributed by atoms with E-state index in [2.05, 4.69) is 20.2 Å². The van der Waals surface area contributed by atoms with Crippen LogP contribution in [0.5, 0.6) is 5.75 Å². The topological polar surface area (TPSA) is 70.6 Å². The summed E-state index contributed by atoms with van der Waals surface area (Å²) in [5.41, 5.74) is 1.19. The van der Waals surface area contributed by atoms with Crippen LogP contribution in [-0.4, -0.2) is 59.6 Å². The molecule has 1 aromatic carbocycles. The number of aromatic nitrogens is 2. The van der Waals surface area contributed by atoms with Crippen molar-refractivity contribution in [2.75, 3.05) is 37.0 Å². The van der Waals surface area contributed by atoms with E-state index in [1.54, 1.807) is 7.11 Å². The second-order valence-electron chi connectivity index (χ2n) is 7.21. The van der Waals surface area contributed by atoms with Crippen LogP contribution in [0.1, 0.15) is 19.0 Å². The van der Waals surface area contributed by atoms with Crippen LogP contribution in [0.3, 0.4) is 0 Å². The Morgan fingerprint density at radius 1 is 1.25 bits per heavy atom. The van der Waals surface area contributed by atoms with Crippen molar-refractivity contribution in [3.63, 3.8) is 0 Å². The van der Waals surface area contributed by atoms with E-state index < -0.39 is 0 Å². The quantitative estimate of drug-likeness (QED) is 0.821. The average Bonchev–Trinajstić information content (AvgIpc) is 2.73. The monoisotopic (exact) mass is 385 g/mol. The summed E-state index contributed by atoms with van der Waals surface area (Å²) in [7, 11) is 1.61. The number of nitrogens with one attached hydrogen (secondary N) is 1. The van der Waals surface area contributed by atoms with Crippen LogP contribution in [0.2, 0.25) is 0 Å². The van der Waals surface area contributed by atoms with E-state index in [1.165, 1.54) is 6.33 Å². The fourth-order valence-corrected chi connectivity index (χ4v) is 4.02. The van der Waals surface area contributed by atoms with Crippen LogP contribution in [0.25, 0.3) is 0 Å². The first-order valence-electron chi connectivity index (χ1n) is 9.53. The summed E-state index contributed by atoms with van der Waals surface area (Å²) in [4.78, 5) is 24.7. The van der Waals surface area contributed by atoms with Crippen molar-refractivity contribution < 1.29 is 13.9 Å². The summed E-state index contributed by atoms with van der Waals surface area (Å²) in [5, 5.41) is 2.92. The number of amides is 1. The summed E-state index contributed by atoms with van der Waals surface area (Å²) in [6, 6.07) is 7.73. The van der Waals surface area contributed by atoms with Crippen molar-refractivity contribution in [2.24, 2.45) is 0 Å². The van der Waals surface area contributed by atoms with Gasteiger partial charge in [0.25, 0.3) is 0 Å². The number of benzene rings is 1. The first kappa shape index (κ1) is 18.6. The van der Waals surface area contributed by atoms with E-state index in [0.717, 1.165) is 17.9 Å². The third-order valence-corrected chi connectivity index (χ3v) is 5.52. The zero-order chi connectivity index (χ0) is 19.7. The van der Waals surface area contributed by atoms with E-state index in [0.29, 0.717) is 37.6 Å². The molecule has 0 aliphatic carbocycles. The molecule has 2 unspecified atom stereocenters. The molecule has 7 nitrogen and oxygen atoms in total. The van der Waals surface area contributed by atoms with Gasteiger partial charge in [0.1, 0.15) is 12.1 Å². The lowest BCUT2D eigenvalue weighted by molar-refractivity contribution is -0.121.